The first-order chi connectivity index (χ1) is 21.6. The van der Waals surface area contributed by atoms with Crippen LogP contribution in [-0.4, -0.2) is 33.1 Å². The van der Waals surface area contributed by atoms with Crippen LogP contribution in [0.2, 0.25) is 0 Å². The first-order valence-electron chi connectivity index (χ1n) is 14.4. The van der Waals surface area contributed by atoms with Gasteiger partial charge in [-0.05, 0) is 65.4 Å². The molecule has 4 aromatic carbocycles. The number of methoxy groups -OCH3 is 2. The van der Waals surface area contributed by atoms with Crippen LogP contribution in [0.15, 0.2) is 119 Å². The summed E-state index contributed by atoms with van der Waals surface area (Å²) >= 11 is 6.39. The highest BCUT2D eigenvalue weighted by atomic mass is 32.4. The molecule has 0 saturated carbocycles. The van der Waals surface area contributed by atoms with Gasteiger partial charge >= 0.3 is 5.97 Å². The maximum Gasteiger partial charge on any atom is 0.363 e. The smallest absolute Gasteiger partial charge is 0.363 e. The number of allylic oxidation sites excluding steroid dienone is 1. The van der Waals surface area contributed by atoms with Gasteiger partial charge in [-0.15, -0.1) is 0 Å². The number of rotatable bonds is 8. The number of aliphatic imine (C=N–C) groups is 1. The number of carbonyl (C=O) groups excluding carboxylic acids is 1. The highest BCUT2D eigenvalue weighted by Gasteiger charge is 2.40. The first kappa shape index (κ1) is 30.4. The van der Waals surface area contributed by atoms with Gasteiger partial charge in [0.2, 0.25) is 5.90 Å². The number of esters is 1. The molecule has 4 aromatic rings. The number of hydrogen-bond acceptors (Lipinski definition) is 8. The Balaban J connectivity index is 1.29. The molecule has 228 valence electrons. The molecule has 0 aliphatic carbocycles. The van der Waals surface area contributed by atoms with Gasteiger partial charge in [-0.3, -0.25) is 0 Å². The molecule has 1 unspecified atom stereocenters. The van der Waals surface area contributed by atoms with E-state index in [1.54, 1.807) is 38.5 Å². The minimum Gasteiger partial charge on any atom is -0.493 e. The summed E-state index contributed by atoms with van der Waals surface area (Å²) in [5.74, 6) is 3.55. The Morgan fingerprint density at radius 1 is 0.889 bits per heavy atom. The second-order valence-corrected chi connectivity index (χ2v) is 15.0. The molecular weight excluding hydrogens is 603 g/mol. The Morgan fingerprint density at radius 2 is 1.58 bits per heavy atom. The minimum atomic E-state index is -2.70. The fourth-order valence-corrected chi connectivity index (χ4v) is 8.69. The Labute approximate surface area is 268 Å². The zero-order chi connectivity index (χ0) is 31.8. The zero-order valence-corrected chi connectivity index (χ0v) is 27.4. The summed E-state index contributed by atoms with van der Waals surface area (Å²) in [4.78, 5) is 19.3. The summed E-state index contributed by atoms with van der Waals surface area (Å²) in [6.07, 6.45) is -1.02. The van der Waals surface area contributed by atoms with Crippen LogP contribution in [0.3, 0.4) is 0 Å². The molecule has 6 rings (SSSR count). The number of fused-ring (bicyclic) bond motifs is 1. The highest BCUT2D eigenvalue weighted by molar-refractivity contribution is 8.17. The van der Waals surface area contributed by atoms with Gasteiger partial charge in [-0.1, -0.05) is 74.5 Å². The van der Waals surface area contributed by atoms with Gasteiger partial charge in [0.15, 0.2) is 23.5 Å². The number of benzene rings is 4. The molecule has 0 aromatic heterocycles. The van der Waals surface area contributed by atoms with Crippen LogP contribution in [0.5, 0.6) is 17.2 Å². The van der Waals surface area contributed by atoms with E-state index in [1.807, 2.05) is 54.6 Å². The second kappa shape index (κ2) is 12.0. The van der Waals surface area contributed by atoms with E-state index in [0.29, 0.717) is 22.8 Å². The third-order valence-electron chi connectivity index (χ3n) is 8.02. The van der Waals surface area contributed by atoms with E-state index in [-0.39, 0.29) is 17.0 Å². The molecule has 9 heteroatoms. The number of hydrogen-bond donors (Lipinski definition) is 0. The van der Waals surface area contributed by atoms with E-state index in [4.69, 9.17) is 30.5 Å². The van der Waals surface area contributed by atoms with Crippen LogP contribution >= 0.6 is 6.26 Å². The summed E-state index contributed by atoms with van der Waals surface area (Å²) < 4.78 is 22.8. The normalized spacial score (nSPS) is 18.3. The average Bonchev–Trinajstić information content (AvgIpc) is 3.51. The molecule has 0 spiro atoms. The number of anilines is 1. The minimum absolute atomic E-state index is 0.193. The molecule has 7 nitrogen and oxygen atoms in total. The molecule has 45 heavy (non-hydrogen) atoms. The predicted octanol–water partition coefficient (Wildman–Crippen LogP) is 7.42. The number of cyclic esters (lactones) is 1. The van der Waals surface area contributed by atoms with Gasteiger partial charge in [0.05, 0.1) is 14.2 Å². The molecule has 0 amide bonds. The van der Waals surface area contributed by atoms with Crippen molar-refractivity contribution in [1.29, 1.82) is 0 Å². The monoisotopic (exact) mass is 636 g/mol. The van der Waals surface area contributed by atoms with E-state index in [9.17, 15) is 4.79 Å². The van der Waals surface area contributed by atoms with Crippen molar-refractivity contribution in [2.75, 3.05) is 26.2 Å². The largest absolute Gasteiger partial charge is 0.493 e. The molecular formula is C36H33N2O5PS. The van der Waals surface area contributed by atoms with Crippen LogP contribution in [0.1, 0.15) is 30.5 Å². The van der Waals surface area contributed by atoms with E-state index >= 15 is 0 Å². The van der Waals surface area contributed by atoms with E-state index in [2.05, 4.69) is 60.9 Å². The van der Waals surface area contributed by atoms with Crippen molar-refractivity contribution < 1.29 is 23.5 Å². The van der Waals surface area contributed by atoms with Gasteiger partial charge in [-0.25, -0.2) is 9.79 Å². The third-order valence-corrected chi connectivity index (χ3v) is 11.3. The molecule has 0 saturated heterocycles. The van der Waals surface area contributed by atoms with Crippen LogP contribution in [0.4, 0.5) is 5.69 Å². The van der Waals surface area contributed by atoms with Crippen molar-refractivity contribution in [3.05, 3.63) is 131 Å². The van der Waals surface area contributed by atoms with Crippen molar-refractivity contribution in [3.63, 3.8) is 0 Å². The number of carbonyl (C=O) groups is 1. The van der Waals surface area contributed by atoms with Crippen molar-refractivity contribution in [3.8, 4) is 17.2 Å². The lowest BCUT2D eigenvalue weighted by molar-refractivity contribution is -0.129. The first-order valence-corrected chi connectivity index (χ1v) is 17.2. The molecule has 0 fully saturated rings. The van der Waals surface area contributed by atoms with Crippen LogP contribution < -0.4 is 24.2 Å². The number of para-hydroxylation sites is 1. The molecule has 1 atom stereocenters. The lowest BCUT2D eigenvalue weighted by Gasteiger charge is -2.28. The molecule has 0 N–H and O–H groups in total. The average molecular weight is 637 g/mol. The van der Waals surface area contributed by atoms with Gasteiger partial charge in [0.25, 0.3) is 0 Å². The SMILES string of the molecule is COc1ccc(C2=N/C(=C\c3ccc(OP(=S)(/C=C4/N(C)c5ccccc5C4(C)C)c4ccccc4)cc3)C(=O)O2)cc1OC. The summed E-state index contributed by atoms with van der Waals surface area (Å²) in [6, 6.07) is 31.2. The fraction of sp³-hybridized carbons (Fsp3) is 0.167. The molecule has 0 bridgehead atoms. The Kier molecular flexibility index (Phi) is 8.12. The van der Waals surface area contributed by atoms with Gasteiger partial charge in [0, 0.05) is 40.5 Å². The van der Waals surface area contributed by atoms with E-state index in [0.717, 1.165) is 16.6 Å². The van der Waals surface area contributed by atoms with E-state index in [1.165, 1.54) is 11.3 Å². The zero-order valence-electron chi connectivity index (χ0n) is 25.7. The maximum absolute atomic E-state index is 12.7. The maximum atomic E-state index is 12.7. The lowest BCUT2D eigenvalue weighted by Crippen LogP contribution is -2.24. The molecule has 2 aliphatic heterocycles. The molecule has 2 heterocycles. The predicted molar refractivity (Wildman–Crippen MR) is 184 cm³/mol. The summed E-state index contributed by atoms with van der Waals surface area (Å²) in [5.41, 5.74) is 4.86. The summed E-state index contributed by atoms with van der Waals surface area (Å²) in [7, 11) is 5.19. The van der Waals surface area contributed by atoms with Gasteiger partial charge < -0.3 is 23.6 Å². The van der Waals surface area contributed by atoms with Crippen LogP contribution in [-0.2, 0) is 26.8 Å². The second-order valence-electron chi connectivity index (χ2n) is 11.2. The van der Waals surface area contributed by atoms with Crippen molar-refractivity contribution in [2.45, 2.75) is 19.3 Å². The van der Waals surface area contributed by atoms with Crippen LogP contribution in [0, 0.1) is 0 Å². The van der Waals surface area contributed by atoms with Crippen molar-refractivity contribution in [1.82, 2.24) is 0 Å². The summed E-state index contributed by atoms with van der Waals surface area (Å²) in [6.45, 7) is 4.45. The van der Waals surface area contributed by atoms with Gasteiger partial charge in [-0.2, -0.15) is 0 Å². The summed E-state index contributed by atoms with van der Waals surface area (Å²) in [5, 5.41) is 0.963. The Hall–Kier alpha value is -4.65. The number of nitrogens with zero attached hydrogens (tertiary/aromatic N) is 2. The fourth-order valence-electron chi connectivity index (χ4n) is 5.62. The van der Waals surface area contributed by atoms with Crippen LogP contribution in [0.25, 0.3) is 6.08 Å². The third kappa shape index (κ3) is 5.79. The Bertz CT molecular complexity index is 1920. The van der Waals surface area contributed by atoms with Crippen molar-refractivity contribution >= 4 is 47.0 Å². The molecule has 2 aliphatic rings. The highest BCUT2D eigenvalue weighted by Crippen LogP contribution is 2.55. The topological polar surface area (TPSA) is 69.6 Å². The lowest BCUT2D eigenvalue weighted by atomic mass is 9.84. The quantitative estimate of drug-likeness (QED) is 0.113. The van der Waals surface area contributed by atoms with Crippen molar-refractivity contribution in [2.24, 2.45) is 4.99 Å². The van der Waals surface area contributed by atoms with E-state index < -0.39 is 12.2 Å². The standard InChI is InChI=1S/C36H33N2O5PS/c1-36(2)28-13-9-10-14-30(28)38(3)33(36)23-44(45,27-11-7-6-8-12-27)43-26-18-15-24(16-19-26)21-29-35(39)42-34(37-29)25-17-20-31(40-4)32(22-25)41-5/h6-23H,1-5H3/b29-21-,33-23+. The number of ether oxygens (including phenoxy) is 3. The Morgan fingerprint density at radius 3 is 2.27 bits per heavy atom. The number of likely N-dealkylation sites (N-methyl/N-ethyl adjacent to an activating group) is 1. The molecule has 0 radical (unpaired) electrons. The van der Waals surface area contributed by atoms with Gasteiger partial charge in [0.1, 0.15) is 5.75 Å².